The second-order valence-corrected chi connectivity index (χ2v) is 12.5. The second-order valence-electron chi connectivity index (χ2n) is 9.32. The van der Waals surface area contributed by atoms with Gasteiger partial charge in [0, 0.05) is 16.2 Å². The van der Waals surface area contributed by atoms with E-state index in [1.165, 1.54) is 14.2 Å². The summed E-state index contributed by atoms with van der Waals surface area (Å²) in [6.45, 7) is 7.47. The summed E-state index contributed by atoms with van der Waals surface area (Å²) in [4.78, 5) is 41.2. The Balaban J connectivity index is 1.81. The predicted molar refractivity (Wildman–Crippen MR) is 160 cm³/mol. The topological polar surface area (TPSA) is 82.1 Å². The SMILES string of the molecule is COC(=O)C1=C(C(=O)OC)SC(=C2C(=S)C(C)(C)N(C(=O)COc3ccc(Cl)cc3)c3cc(C)c(C)cc32)S1. The molecule has 2 aromatic rings. The second kappa shape index (κ2) is 11.4. The van der Waals surface area contributed by atoms with Gasteiger partial charge in [-0.2, -0.15) is 0 Å². The van der Waals surface area contributed by atoms with E-state index in [1.807, 2.05) is 39.8 Å². The Morgan fingerprint density at radius 2 is 1.49 bits per heavy atom. The van der Waals surface area contributed by atoms with Crippen LogP contribution in [0.5, 0.6) is 5.75 Å². The molecule has 2 aliphatic rings. The van der Waals surface area contributed by atoms with Crippen LogP contribution in [0.1, 0.15) is 30.5 Å². The van der Waals surface area contributed by atoms with Crippen molar-refractivity contribution >= 4 is 81.3 Å². The molecule has 2 aliphatic heterocycles. The van der Waals surface area contributed by atoms with Crippen LogP contribution in [0.3, 0.4) is 0 Å². The fourth-order valence-electron chi connectivity index (χ4n) is 4.26. The van der Waals surface area contributed by atoms with Crippen molar-refractivity contribution in [3.63, 3.8) is 0 Å². The molecule has 2 aromatic carbocycles. The van der Waals surface area contributed by atoms with Crippen LogP contribution in [0.25, 0.3) is 5.57 Å². The molecule has 7 nitrogen and oxygen atoms in total. The number of amides is 1. The molecule has 0 radical (unpaired) electrons. The number of carbonyl (C=O) groups is 3. The van der Waals surface area contributed by atoms with Crippen LogP contribution >= 0.6 is 47.3 Å². The Labute approximate surface area is 245 Å². The fourth-order valence-corrected chi connectivity index (χ4v) is 7.42. The van der Waals surface area contributed by atoms with Gasteiger partial charge in [-0.1, -0.05) is 47.3 Å². The molecule has 0 fully saturated rings. The number of hydrogen-bond acceptors (Lipinski definition) is 9. The number of methoxy groups -OCH3 is 2. The Bertz CT molecular complexity index is 1430. The molecule has 0 aliphatic carbocycles. The van der Waals surface area contributed by atoms with Gasteiger partial charge in [0.05, 0.1) is 34.5 Å². The lowest BCUT2D eigenvalue weighted by molar-refractivity contribution is -0.138. The Kier molecular flexibility index (Phi) is 8.51. The molecule has 0 N–H and O–H groups in total. The minimum absolute atomic E-state index is 0.137. The van der Waals surface area contributed by atoms with Gasteiger partial charge in [-0.15, -0.1) is 0 Å². The van der Waals surface area contributed by atoms with Crippen molar-refractivity contribution in [1.29, 1.82) is 0 Å². The monoisotopic (exact) mass is 603 g/mol. The molecule has 0 saturated heterocycles. The molecule has 0 saturated carbocycles. The Morgan fingerprint density at radius 1 is 0.949 bits per heavy atom. The number of halogens is 1. The Morgan fingerprint density at radius 3 is 2.03 bits per heavy atom. The zero-order valence-electron chi connectivity index (χ0n) is 22.2. The maximum atomic E-state index is 13.7. The lowest BCUT2D eigenvalue weighted by atomic mass is 9.82. The van der Waals surface area contributed by atoms with Crippen LogP contribution < -0.4 is 9.64 Å². The Hall–Kier alpha value is -2.79. The first-order valence-corrected chi connectivity index (χ1v) is 14.2. The van der Waals surface area contributed by atoms with Crippen molar-refractivity contribution in [3.05, 3.63) is 72.2 Å². The summed E-state index contributed by atoms with van der Waals surface area (Å²) in [5.41, 5.74) is 3.14. The molecule has 0 aromatic heterocycles. The standard InChI is InChI=1S/C28H26ClNO6S3/c1-14-11-18-19(12-15(14)2)30(20(31)13-36-17-9-7-16(29)8-10-17)28(3,4)24(37)21(18)27-38-22(25(32)34-5)23(39-27)26(33)35-6/h7-12H,13H2,1-6H3. The van der Waals surface area contributed by atoms with Crippen LogP contribution in [0, 0.1) is 13.8 Å². The molecule has 1 amide bonds. The number of thiocarbonyl (C=S) groups is 1. The maximum Gasteiger partial charge on any atom is 0.346 e. The van der Waals surface area contributed by atoms with E-state index in [2.05, 4.69) is 0 Å². The van der Waals surface area contributed by atoms with E-state index in [-0.39, 0.29) is 22.3 Å². The van der Waals surface area contributed by atoms with Gasteiger partial charge in [-0.25, -0.2) is 9.59 Å². The number of carbonyl (C=O) groups excluding carboxylic acids is 3. The van der Waals surface area contributed by atoms with Crippen LogP contribution in [-0.4, -0.2) is 49.1 Å². The number of fused-ring (bicyclic) bond motifs is 1. The molecule has 2 heterocycles. The van der Waals surface area contributed by atoms with E-state index in [0.717, 1.165) is 40.2 Å². The molecule has 0 bridgehead atoms. The molecule has 204 valence electrons. The van der Waals surface area contributed by atoms with Crippen molar-refractivity contribution in [2.75, 3.05) is 25.7 Å². The summed E-state index contributed by atoms with van der Waals surface area (Å²) in [6.07, 6.45) is 0. The van der Waals surface area contributed by atoms with Gasteiger partial charge < -0.3 is 14.2 Å². The van der Waals surface area contributed by atoms with Gasteiger partial charge in [0.15, 0.2) is 6.61 Å². The number of aryl methyl sites for hydroxylation is 2. The van der Waals surface area contributed by atoms with Crippen molar-refractivity contribution in [3.8, 4) is 5.75 Å². The third-order valence-electron chi connectivity index (χ3n) is 6.43. The van der Waals surface area contributed by atoms with E-state index in [4.69, 9.17) is 38.0 Å². The minimum atomic E-state index is -0.937. The molecular formula is C28H26ClNO6S3. The highest BCUT2D eigenvalue weighted by atomic mass is 35.5. The van der Waals surface area contributed by atoms with Crippen molar-refractivity contribution in [2.24, 2.45) is 0 Å². The number of anilines is 1. The average Bonchev–Trinajstić information content (AvgIpc) is 3.34. The summed E-state index contributed by atoms with van der Waals surface area (Å²) in [5, 5.41) is 0.569. The predicted octanol–water partition coefficient (Wildman–Crippen LogP) is 6.24. The fraction of sp³-hybridized carbons (Fsp3) is 0.286. The smallest absolute Gasteiger partial charge is 0.346 e. The summed E-state index contributed by atoms with van der Waals surface area (Å²) in [7, 11) is 2.51. The number of ether oxygens (including phenoxy) is 3. The molecule has 39 heavy (non-hydrogen) atoms. The highest BCUT2D eigenvalue weighted by molar-refractivity contribution is 8.29. The average molecular weight is 604 g/mol. The number of benzene rings is 2. The molecule has 11 heteroatoms. The highest BCUT2D eigenvalue weighted by Crippen LogP contribution is 2.56. The van der Waals surface area contributed by atoms with Gasteiger partial charge in [0.25, 0.3) is 5.91 Å². The third-order valence-corrected chi connectivity index (χ3v) is 9.94. The van der Waals surface area contributed by atoms with Crippen LogP contribution in [-0.2, 0) is 23.9 Å². The van der Waals surface area contributed by atoms with Crippen molar-refractivity contribution < 1.29 is 28.6 Å². The summed E-state index contributed by atoms with van der Waals surface area (Å²) >= 11 is 14.2. The minimum Gasteiger partial charge on any atom is -0.484 e. The number of thioether (sulfide) groups is 2. The zero-order valence-corrected chi connectivity index (χ0v) is 25.4. The molecule has 0 spiro atoms. The number of hydrogen-bond donors (Lipinski definition) is 0. The normalized spacial score (nSPS) is 16.3. The van der Waals surface area contributed by atoms with Crippen molar-refractivity contribution in [1.82, 2.24) is 0 Å². The molecule has 4 rings (SSSR count). The first kappa shape index (κ1) is 29.2. The number of rotatable bonds is 5. The van der Waals surface area contributed by atoms with Crippen molar-refractivity contribution in [2.45, 2.75) is 33.2 Å². The molecular weight excluding hydrogens is 578 g/mol. The quantitative estimate of drug-likeness (QED) is 0.224. The zero-order chi connectivity index (χ0) is 28.6. The summed E-state index contributed by atoms with van der Waals surface area (Å²) < 4.78 is 16.3. The third kappa shape index (κ3) is 5.48. The maximum absolute atomic E-state index is 13.7. The molecule has 0 unspecified atom stereocenters. The van der Waals surface area contributed by atoms with E-state index in [9.17, 15) is 14.4 Å². The van der Waals surface area contributed by atoms with E-state index >= 15 is 0 Å². The van der Waals surface area contributed by atoms with E-state index < -0.39 is 17.5 Å². The lowest BCUT2D eigenvalue weighted by Crippen LogP contribution is -2.57. The molecule has 0 atom stereocenters. The summed E-state index contributed by atoms with van der Waals surface area (Å²) in [5.74, 6) is -1.04. The first-order chi connectivity index (χ1) is 18.4. The van der Waals surface area contributed by atoms with Gasteiger partial charge in [0.1, 0.15) is 15.6 Å². The highest BCUT2D eigenvalue weighted by Gasteiger charge is 2.46. The largest absolute Gasteiger partial charge is 0.484 e. The van der Waals surface area contributed by atoms with E-state index in [0.29, 0.717) is 31.1 Å². The van der Waals surface area contributed by atoms with Crippen LogP contribution in [0.15, 0.2) is 50.4 Å². The number of nitrogens with zero attached hydrogens (tertiary/aromatic N) is 1. The lowest BCUT2D eigenvalue weighted by Gasteiger charge is -2.45. The van der Waals surface area contributed by atoms with Gasteiger partial charge in [-0.05, 0) is 75.2 Å². The first-order valence-electron chi connectivity index (χ1n) is 11.8. The van der Waals surface area contributed by atoms with Crippen LogP contribution in [0.2, 0.25) is 5.02 Å². The van der Waals surface area contributed by atoms with Gasteiger partial charge in [-0.3, -0.25) is 9.69 Å². The summed E-state index contributed by atoms with van der Waals surface area (Å²) in [6, 6.07) is 10.7. The van der Waals surface area contributed by atoms with E-state index in [1.54, 1.807) is 29.2 Å². The van der Waals surface area contributed by atoms with Crippen LogP contribution in [0.4, 0.5) is 5.69 Å². The number of esters is 2. The van der Waals surface area contributed by atoms with Gasteiger partial charge >= 0.3 is 11.9 Å². The van der Waals surface area contributed by atoms with Gasteiger partial charge in [0.2, 0.25) is 0 Å².